The molecule has 0 bridgehead atoms. The molecule has 1 N–H and O–H groups in total. The number of phenolic OH excluding ortho intramolecular Hbond substituents is 1. The molecule has 1 aromatic carbocycles. The van der Waals surface area contributed by atoms with Gasteiger partial charge in [0, 0.05) is 5.56 Å². The molecule has 0 heterocycles. The Morgan fingerprint density at radius 2 is 2.08 bits per heavy atom. The highest BCUT2D eigenvalue weighted by Gasteiger charge is 1.94. The molecule has 2 nitrogen and oxygen atoms in total. The Labute approximate surface area is 75.1 Å². The molecule has 0 spiro atoms. The van der Waals surface area contributed by atoms with Gasteiger partial charge in [-0.25, -0.2) is 0 Å². The van der Waals surface area contributed by atoms with E-state index in [2.05, 4.69) is 0 Å². The van der Waals surface area contributed by atoms with E-state index in [-0.39, 0.29) is 5.75 Å². The first-order valence-corrected chi connectivity index (χ1v) is 3.73. The number of benzene rings is 1. The van der Waals surface area contributed by atoms with Crippen molar-refractivity contribution in [1.29, 1.82) is 0 Å². The predicted molar refractivity (Wildman–Crippen MR) is 48.0 cm³/mol. The minimum absolute atomic E-state index is 0.131. The first kappa shape index (κ1) is 8.81. The van der Waals surface area contributed by atoms with E-state index in [1.807, 2.05) is 0 Å². The third kappa shape index (κ3) is 2.40. The van der Waals surface area contributed by atoms with E-state index >= 15 is 0 Å². The molecule has 0 amide bonds. The molecule has 0 fully saturated rings. The molecule has 0 radical (unpaired) electrons. The van der Waals surface area contributed by atoms with Crippen molar-refractivity contribution in [2.45, 2.75) is 0 Å². The van der Waals surface area contributed by atoms with Gasteiger partial charge in [-0.2, -0.15) is 0 Å². The average Bonchev–Trinajstić information content (AvgIpc) is 2.03. The number of para-hydroxylation sites is 1. The standard InChI is InChI=1S/C9H7ClO2/c10-9(12)6-5-7-3-1-2-4-8(7)11/h1-6,11H. The Hall–Kier alpha value is -1.28. The van der Waals surface area contributed by atoms with Gasteiger partial charge >= 0.3 is 0 Å². The Bertz CT molecular complexity index is 318. The molecule has 0 aliphatic carbocycles. The zero-order valence-electron chi connectivity index (χ0n) is 6.20. The van der Waals surface area contributed by atoms with Crippen molar-refractivity contribution < 1.29 is 9.90 Å². The van der Waals surface area contributed by atoms with Crippen LogP contribution in [0.2, 0.25) is 0 Å². The van der Waals surface area contributed by atoms with Gasteiger partial charge in [0.25, 0.3) is 0 Å². The topological polar surface area (TPSA) is 37.3 Å². The second-order valence-corrected chi connectivity index (χ2v) is 2.57. The van der Waals surface area contributed by atoms with Crippen LogP contribution in [0.15, 0.2) is 30.3 Å². The summed E-state index contributed by atoms with van der Waals surface area (Å²) >= 11 is 5.07. The number of phenols is 1. The third-order valence-electron chi connectivity index (χ3n) is 1.33. The average molecular weight is 183 g/mol. The molecule has 1 rings (SSSR count). The van der Waals surface area contributed by atoms with Gasteiger partial charge in [-0.1, -0.05) is 18.2 Å². The molecule has 3 heteroatoms. The van der Waals surface area contributed by atoms with Crippen molar-refractivity contribution in [2.24, 2.45) is 0 Å². The molecule has 0 unspecified atom stereocenters. The Morgan fingerprint density at radius 1 is 1.42 bits per heavy atom. The van der Waals surface area contributed by atoms with Crippen molar-refractivity contribution in [2.75, 3.05) is 0 Å². The Morgan fingerprint density at radius 3 is 2.67 bits per heavy atom. The highest BCUT2D eigenvalue weighted by molar-refractivity contribution is 6.66. The summed E-state index contributed by atoms with van der Waals surface area (Å²) in [6, 6.07) is 6.69. The van der Waals surface area contributed by atoms with Crippen molar-refractivity contribution >= 4 is 22.9 Å². The molecule has 0 saturated carbocycles. The molecule has 0 atom stereocenters. The van der Waals surface area contributed by atoms with E-state index in [0.717, 1.165) is 0 Å². The van der Waals surface area contributed by atoms with Crippen molar-refractivity contribution in [3.05, 3.63) is 35.9 Å². The highest BCUT2D eigenvalue weighted by atomic mass is 35.5. The minimum atomic E-state index is -0.557. The summed E-state index contributed by atoms with van der Waals surface area (Å²) < 4.78 is 0. The van der Waals surface area contributed by atoms with Crippen LogP contribution in [0.1, 0.15) is 5.56 Å². The van der Waals surface area contributed by atoms with Crippen LogP contribution in [-0.2, 0) is 4.79 Å². The first-order valence-electron chi connectivity index (χ1n) is 3.35. The van der Waals surface area contributed by atoms with Crippen LogP contribution >= 0.6 is 11.6 Å². The molecule has 62 valence electrons. The second kappa shape index (κ2) is 3.93. The fourth-order valence-electron chi connectivity index (χ4n) is 0.784. The maximum Gasteiger partial charge on any atom is 0.245 e. The smallest absolute Gasteiger partial charge is 0.245 e. The van der Waals surface area contributed by atoms with Gasteiger partial charge in [0.15, 0.2) is 0 Å². The highest BCUT2D eigenvalue weighted by Crippen LogP contribution is 2.16. The lowest BCUT2D eigenvalue weighted by atomic mass is 10.2. The van der Waals surface area contributed by atoms with Crippen LogP contribution in [-0.4, -0.2) is 10.3 Å². The molecule has 1 aromatic rings. The lowest BCUT2D eigenvalue weighted by Gasteiger charge is -1.95. The van der Waals surface area contributed by atoms with Gasteiger partial charge in [0.1, 0.15) is 5.75 Å². The number of aromatic hydroxyl groups is 1. The molecule has 0 aromatic heterocycles. The summed E-state index contributed by atoms with van der Waals surface area (Å²) in [5, 5.41) is 8.66. The largest absolute Gasteiger partial charge is 0.507 e. The van der Waals surface area contributed by atoms with Crippen LogP contribution in [0.25, 0.3) is 6.08 Å². The van der Waals surface area contributed by atoms with Crippen molar-refractivity contribution in [3.8, 4) is 5.75 Å². The Kier molecular flexibility index (Phi) is 2.88. The lowest BCUT2D eigenvalue weighted by molar-refractivity contribution is -0.107. The number of allylic oxidation sites excluding steroid dienone is 1. The van der Waals surface area contributed by atoms with E-state index < -0.39 is 5.24 Å². The summed E-state index contributed by atoms with van der Waals surface area (Å²) in [6.07, 6.45) is 2.65. The van der Waals surface area contributed by atoms with E-state index in [9.17, 15) is 9.90 Å². The molecular weight excluding hydrogens is 176 g/mol. The number of carbonyl (C=O) groups is 1. The van der Waals surface area contributed by atoms with Crippen LogP contribution in [0, 0.1) is 0 Å². The van der Waals surface area contributed by atoms with Gasteiger partial charge in [-0.3, -0.25) is 4.79 Å². The molecule has 12 heavy (non-hydrogen) atoms. The zero-order chi connectivity index (χ0) is 8.97. The van der Waals surface area contributed by atoms with Crippen LogP contribution in [0.3, 0.4) is 0 Å². The number of carbonyl (C=O) groups excluding carboxylic acids is 1. The summed E-state index contributed by atoms with van der Waals surface area (Å²) in [5.41, 5.74) is 0.575. The SMILES string of the molecule is O=C(Cl)C=Cc1ccccc1O. The summed E-state index contributed by atoms with van der Waals surface area (Å²) in [6.45, 7) is 0. The molecule has 0 aliphatic rings. The van der Waals surface area contributed by atoms with Gasteiger partial charge in [-0.15, -0.1) is 0 Å². The summed E-state index contributed by atoms with van der Waals surface area (Å²) in [7, 11) is 0. The first-order chi connectivity index (χ1) is 5.70. The number of hydrogen-bond donors (Lipinski definition) is 1. The van der Waals surface area contributed by atoms with Crippen molar-refractivity contribution in [1.82, 2.24) is 0 Å². The molecular formula is C9H7ClO2. The normalized spacial score (nSPS) is 10.4. The maximum atomic E-state index is 10.3. The van der Waals surface area contributed by atoms with Gasteiger partial charge < -0.3 is 5.11 Å². The van der Waals surface area contributed by atoms with E-state index in [1.165, 1.54) is 12.2 Å². The number of rotatable bonds is 2. The minimum Gasteiger partial charge on any atom is -0.507 e. The van der Waals surface area contributed by atoms with Gasteiger partial charge in [0.05, 0.1) is 0 Å². The zero-order valence-corrected chi connectivity index (χ0v) is 6.95. The molecule has 0 aliphatic heterocycles. The quantitative estimate of drug-likeness (QED) is 0.562. The third-order valence-corrected chi connectivity index (χ3v) is 1.46. The fourth-order valence-corrected chi connectivity index (χ4v) is 0.847. The fraction of sp³-hybridized carbons (Fsp3) is 0. The Balaban J connectivity index is 2.89. The van der Waals surface area contributed by atoms with Crippen LogP contribution in [0.5, 0.6) is 5.75 Å². The number of hydrogen-bond acceptors (Lipinski definition) is 2. The molecule has 0 saturated heterocycles. The van der Waals surface area contributed by atoms with Crippen LogP contribution in [0.4, 0.5) is 0 Å². The second-order valence-electron chi connectivity index (χ2n) is 2.20. The van der Waals surface area contributed by atoms with E-state index in [4.69, 9.17) is 11.6 Å². The summed E-state index contributed by atoms with van der Waals surface area (Å²) in [5.74, 6) is 0.131. The maximum absolute atomic E-state index is 10.3. The van der Waals surface area contributed by atoms with Gasteiger partial charge in [0.2, 0.25) is 5.24 Å². The van der Waals surface area contributed by atoms with Crippen LogP contribution < -0.4 is 0 Å². The summed E-state index contributed by atoms with van der Waals surface area (Å²) in [4.78, 5) is 10.3. The predicted octanol–water partition coefficient (Wildman–Crippen LogP) is 2.17. The number of halogens is 1. The lowest BCUT2D eigenvalue weighted by Crippen LogP contribution is -1.77. The van der Waals surface area contributed by atoms with Gasteiger partial charge in [-0.05, 0) is 29.8 Å². The van der Waals surface area contributed by atoms with Crippen molar-refractivity contribution in [3.63, 3.8) is 0 Å². The van der Waals surface area contributed by atoms with E-state index in [1.54, 1.807) is 24.3 Å². The van der Waals surface area contributed by atoms with E-state index in [0.29, 0.717) is 5.56 Å². The monoisotopic (exact) mass is 182 g/mol.